The molecule has 4 heteroatoms. The fourth-order valence-corrected chi connectivity index (χ4v) is 7.21. The van der Waals surface area contributed by atoms with E-state index < -0.39 is 0 Å². The largest absolute Gasteiger partial charge is 0.234 e. The Balaban J connectivity index is 1.58. The van der Waals surface area contributed by atoms with Gasteiger partial charge in [0.05, 0.1) is 0 Å². The first-order valence-corrected chi connectivity index (χ1v) is 17.1. The summed E-state index contributed by atoms with van der Waals surface area (Å²) in [6.45, 7) is 4.01. The van der Waals surface area contributed by atoms with Crippen molar-refractivity contribution in [3.05, 3.63) is 67.6 Å². The average Bonchev–Trinajstić information content (AvgIpc) is 3.21. The summed E-state index contributed by atoms with van der Waals surface area (Å²) in [7, 11) is 0. The van der Waals surface area contributed by atoms with Crippen LogP contribution < -0.4 is 0 Å². The highest BCUT2D eigenvalue weighted by molar-refractivity contribution is 9.10. The van der Waals surface area contributed by atoms with E-state index in [1.54, 1.807) is 6.92 Å². The van der Waals surface area contributed by atoms with E-state index in [-0.39, 0.29) is 5.41 Å². The fraction of sp³-hybridized carbons (Fsp3) is 0.556. The smallest absolute Gasteiger partial charge is 0.123 e. The zero-order valence-corrected chi connectivity index (χ0v) is 27.7. The highest BCUT2D eigenvalue weighted by atomic mass is 79.9. The van der Waals surface area contributed by atoms with E-state index in [4.69, 9.17) is 0 Å². The summed E-state index contributed by atoms with van der Waals surface area (Å²) in [5.74, 6) is 3.91. The molecule has 0 N–H and O–H groups in total. The third kappa shape index (κ3) is 9.15. The highest BCUT2D eigenvalue weighted by Crippen LogP contribution is 2.55. The molecule has 0 aromatic heterocycles. The summed E-state index contributed by atoms with van der Waals surface area (Å²) in [6, 6.07) is 13.8. The van der Waals surface area contributed by atoms with Gasteiger partial charge in [-0.3, -0.25) is 0 Å². The Bertz CT molecular complexity index is 1150. The normalized spacial score (nSPS) is 12.9. The number of allylic oxidation sites excluding steroid dienone is 2. The first kappa shape index (κ1) is 32.8. The number of hydrogen-bond acceptors (Lipinski definition) is 2. The van der Waals surface area contributed by atoms with Gasteiger partial charge >= 0.3 is 0 Å². The predicted octanol–water partition coefficient (Wildman–Crippen LogP) is 11.7. The number of rotatable bonds is 19. The minimum absolute atomic E-state index is 0.0919. The molecule has 0 bridgehead atoms. The van der Waals surface area contributed by atoms with Gasteiger partial charge in [-0.15, -0.1) is 0 Å². The molecule has 0 saturated carbocycles. The van der Waals surface area contributed by atoms with Crippen molar-refractivity contribution in [2.75, 3.05) is 0 Å². The SMILES string of the molecule is CCCCCCCCC1(CCCCCCCCCC(=C=O)CC(C)=C=O)c2cc(Br)ccc2-c2ccc(Br)cc21. The van der Waals surface area contributed by atoms with Crippen molar-refractivity contribution in [3.8, 4) is 11.1 Å². The number of unbranched alkanes of at least 4 members (excludes halogenated alkanes) is 11. The van der Waals surface area contributed by atoms with E-state index in [9.17, 15) is 9.59 Å². The summed E-state index contributed by atoms with van der Waals surface area (Å²) >= 11 is 7.58. The molecule has 0 radical (unpaired) electrons. The molecule has 0 heterocycles. The summed E-state index contributed by atoms with van der Waals surface area (Å²) in [4.78, 5) is 21.8. The van der Waals surface area contributed by atoms with E-state index in [2.05, 4.69) is 75.2 Å². The Labute approximate surface area is 259 Å². The third-order valence-corrected chi connectivity index (χ3v) is 9.61. The van der Waals surface area contributed by atoms with Crippen LogP contribution in [0.15, 0.2) is 56.5 Å². The standard InChI is InChI=1S/C36H46Br2O2/c1-3-4-5-6-11-14-21-36(22-15-12-9-7-8-10-13-16-29(27-40)23-28(2)26-39)34-24-30(37)17-19-32(34)33-20-18-31(38)25-35(33)36/h17-20,24-25H,3-16,21-23H2,1-2H3. The molecule has 1 aliphatic rings. The lowest BCUT2D eigenvalue weighted by Crippen LogP contribution is -2.25. The van der Waals surface area contributed by atoms with Gasteiger partial charge in [0.15, 0.2) is 0 Å². The van der Waals surface area contributed by atoms with Crippen molar-refractivity contribution in [1.29, 1.82) is 0 Å². The van der Waals surface area contributed by atoms with Crippen LogP contribution in [0.4, 0.5) is 0 Å². The van der Waals surface area contributed by atoms with Crippen LogP contribution in [0.5, 0.6) is 0 Å². The van der Waals surface area contributed by atoms with Crippen LogP contribution >= 0.6 is 31.9 Å². The van der Waals surface area contributed by atoms with Crippen molar-refractivity contribution >= 4 is 43.7 Å². The lowest BCUT2D eigenvalue weighted by Gasteiger charge is -2.33. The maximum atomic E-state index is 11.1. The quantitative estimate of drug-likeness (QED) is 0.110. The van der Waals surface area contributed by atoms with E-state index in [0.717, 1.165) is 19.3 Å². The van der Waals surface area contributed by atoms with E-state index in [1.165, 1.54) is 115 Å². The molecule has 0 saturated heterocycles. The van der Waals surface area contributed by atoms with Gasteiger partial charge in [0.1, 0.15) is 11.9 Å². The maximum absolute atomic E-state index is 11.1. The van der Waals surface area contributed by atoms with Gasteiger partial charge in [0.25, 0.3) is 0 Å². The third-order valence-electron chi connectivity index (χ3n) is 8.62. The number of benzene rings is 2. The molecular formula is C36H46Br2O2. The summed E-state index contributed by atoms with van der Waals surface area (Å²) in [6.07, 6.45) is 19.8. The van der Waals surface area contributed by atoms with Gasteiger partial charge in [-0.2, -0.15) is 0 Å². The molecule has 0 spiro atoms. The Morgan fingerprint density at radius 3 is 1.62 bits per heavy atom. The van der Waals surface area contributed by atoms with Gasteiger partial charge in [-0.05, 0) is 79.1 Å². The van der Waals surface area contributed by atoms with Crippen LogP contribution in [0.2, 0.25) is 0 Å². The lowest BCUT2D eigenvalue weighted by atomic mass is 9.70. The number of hydrogen-bond donors (Lipinski definition) is 0. The van der Waals surface area contributed by atoms with Crippen molar-refractivity contribution in [1.82, 2.24) is 0 Å². The van der Waals surface area contributed by atoms with Crippen molar-refractivity contribution in [2.24, 2.45) is 0 Å². The Morgan fingerprint density at radius 2 is 1.15 bits per heavy atom. The molecule has 0 atom stereocenters. The van der Waals surface area contributed by atoms with Crippen LogP contribution in [-0.4, -0.2) is 11.9 Å². The van der Waals surface area contributed by atoms with Crippen molar-refractivity contribution in [3.63, 3.8) is 0 Å². The summed E-state index contributed by atoms with van der Waals surface area (Å²) < 4.78 is 2.35. The van der Waals surface area contributed by atoms with Crippen LogP contribution in [-0.2, 0) is 15.0 Å². The van der Waals surface area contributed by atoms with Gasteiger partial charge in [-0.1, -0.05) is 128 Å². The maximum Gasteiger partial charge on any atom is 0.123 e. The molecule has 2 aromatic carbocycles. The molecule has 1 aliphatic carbocycles. The van der Waals surface area contributed by atoms with Crippen LogP contribution in [0.3, 0.4) is 0 Å². The number of halogens is 2. The van der Waals surface area contributed by atoms with Crippen LogP contribution in [0, 0.1) is 0 Å². The summed E-state index contributed by atoms with van der Waals surface area (Å²) in [5, 5.41) is 0. The first-order chi connectivity index (χ1) is 19.4. The monoisotopic (exact) mass is 668 g/mol. The van der Waals surface area contributed by atoms with E-state index in [0.29, 0.717) is 17.6 Å². The first-order valence-electron chi connectivity index (χ1n) is 15.5. The van der Waals surface area contributed by atoms with Crippen molar-refractivity contribution < 1.29 is 9.59 Å². The lowest BCUT2D eigenvalue weighted by molar-refractivity contribution is 0.397. The second-order valence-electron chi connectivity index (χ2n) is 11.7. The molecule has 2 aromatic rings. The number of carbonyl (C=O) groups excluding carboxylic acids is 2. The second kappa shape index (κ2) is 17.3. The minimum Gasteiger partial charge on any atom is -0.234 e. The number of fused-ring (bicyclic) bond motifs is 3. The molecule has 216 valence electrons. The second-order valence-corrected chi connectivity index (χ2v) is 13.6. The molecule has 40 heavy (non-hydrogen) atoms. The molecule has 0 amide bonds. The average molecular weight is 671 g/mol. The summed E-state index contributed by atoms with van der Waals surface area (Å²) in [5.41, 5.74) is 7.24. The molecule has 0 fully saturated rings. The minimum atomic E-state index is 0.0919. The molecule has 0 unspecified atom stereocenters. The Hall–Kier alpha value is -1.70. The predicted molar refractivity (Wildman–Crippen MR) is 176 cm³/mol. The zero-order valence-electron chi connectivity index (χ0n) is 24.6. The highest BCUT2D eigenvalue weighted by Gasteiger charge is 2.42. The molecular weight excluding hydrogens is 624 g/mol. The van der Waals surface area contributed by atoms with Crippen molar-refractivity contribution in [2.45, 2.75) is 128 Å². The van der Waals surface area contributed by atoms with Gasteiger partial charge < -0.3 is 0 Å². The van der Waals surface area contributed by atoms with E-state index >= 15 is 0 Å². The van der Waals surface area contributed by atoms with Gasteiger partial charge in [0.2, 0.25) is 0 Å². The topological polar surface area (TPSA) is 34.1 Å². The van der Waals surface area contributed by atoms with E-state index in [1.807, 2.05) is 11.9 Å². The molecule has 2 nitrogen and oxygen atoms in total. The van der Waals surface area contributed by atoms with Gasteiger partial charge in [0, 0.05) is 31.9 Å². The Morgan fingerprint density at radius 1 is 0.675 bits per heavy atom. The Kier molecular flexibility index (Phi) is 14.2. The van der Waals surface area contributed by atoms with Crippen LogP contribution in [0.1, 0.15) is 134 Å². The van der Waals surface area contributed by atoms with Crippen LogP contribution in [0.25, 0.3) is 11.1 Å². The van der Waals surface area contributed by atoms with Gasteiger partial charge in [-0.25, -0.2) is 9.59 Å². The molecule has 3 rings (SSSR count). The fourth-order valence-electron chi connectivity index (χ4n) is 6.49. The molecule has 0 aliphatic heterocycles. The zero-order chi connectivity index (χ0) is 28.8.